The number of hydrogen-bond acceptors (Lipinski definition) is 4. The fourth-order valence-electron chi connectivity index (χ4n) is 3.68. The van der Waals surface area contributed by atoms with Gasteiger partial charge in [-0.05, 0) is 53.8 Å². The molecule has 1 N–H and O–H groups in total. The first-order chi connectivity index (χ1) is 17.4. The molecule has 0 aliphatic carbocycles. The van der Waals surface area contributed by atoms with Gasteiger partial charge in [-0.15, -0.1) is 0 Å². The Morgan fingerprint density at radius 2 is 1.70 bits per heavy atom. The van der Waals surface area contributed by atoms with E-state index in [2.05, 4.69) is 36.3 Å². The molecule has 2 aromatic carbocycles. The number of ether oxygens (including phenoxy) is 1. The first-order valence-corrected chi connectivity index (χ1v) is 11.7. The smallest absolute Gasteiger partial charge is 0.416 e. The van der Waals surface area contributed by atoms with Crippen LogP contribution in [0.1, 0.15) is 53.6 Å². The summed E-state index contributed by atoms with van der Waals surface area (Å²) in [7, 11) is 0. The molecule has 7 nitrogen and oxygen atoms in total. The Kier molecular flexibility index (Phi) is 7.11. The van der Waals surface area contributed by atoms with Crippen molar-refractivity contribution in [3.8, 4) is 5.75 Å². The van der Waals surface area contributed by atoms with Gasteiger partial charge < -0.3 is 10.1 Å². The standard InChI is InChI=1S/C27H28F3N5O2/c1-18-14-24(33-35(18)16-19-6-5-7-21(15-19)27(28,29)30)31-25(36)23-12-13-34(32-23)17-37-22-10-8-20(9-11-22)26(2,3)4/h5-15H,16-17H2,1-4H3,(H,31,33,36). The van der Waals surface area contributed by atoms with E-state index in [-0.39, 0.29) is 30.2 Å². The molecule has 0 aliphatic rings. The summed E-state index contributed by atoms with van der Waals surface area (Å²) in [6, 6.07) is 16.1. The Bertz CT molecular complexity index is 1380. The number of anilines is 1. The lowest BCUT2D eigenvalue weighted by molar-refractivity contribution is -0.137. The van der Waals surface area contributed by atoms with Gasteiger partial charge in [0.05, 0.1) is 12.1 Å². The quantitative estimate of drug-likeness (QED) is 0.328. The highest BCUT2D eigenvalue weighted by Gasteiger charge is 2.30. The predicted octanol–water partition coefficient (Wildman–Crippen LogP) is 6.04. The van der Waals surface area contributed by atoms with Crippen molar-refractivity contribution in [2.75, 3.05) is 5.32 Å². The van der Waals surface area contributed by atoms with Crippen molar-refractivity contribution < 1.29 is 22.7 Å². The van der Waals surface area contributed by atoms with Crippen LogP contribution >= 0.6 is 0 Å². The van der Waals surface area contributed by atoms with Crippen LogP contribution in [0.15, 0.2) is 66.9 Å². The molecule has 0 saturated carbocycles. The third-order valence-electron chi connectivity index (χ3n) is 5.77. The SMILES string of the molecule is Cc1cc(NC(=O)c2ccn(COc3ccc(C(C)(C)C)cc3)n2)nn1Cc1cccc(C(F)(F)F)c1. The number of aromatic nitrogens is 4. The number of benzene rings is 2. The molecule has 10 heteroatoms. The highest BCUT2D eigenvalue weighted by molar-refractivity contribution is 6.02. The summed E-state index contributed by atoms with van der Waals surface area (Å²) in [5.41, 5.74) is 1.84. The molecule has 0 unspecified atom stereocenters. The van der Waals surface area contributed by atoms with Crippen molar-refractivity contribution in [1.29, 1.82) is 0 Å². The van der Waals surface area contributed by atoms with Crippen molar-refractivity contribution in [2.45, 2.75) is 52.6 Å². The molecule has 194 valence electrons. The monoisotopic (exact) mass is 511 g/mol. The fraction of sp³-hybridized carbons (Fsp3) is 0.296. The van der Waals surface area contributed by atoms with Gasteiger partial charge in [0.1, 0.15) is 5.75 Å². The van der Waals surface area contributed by atoms with E-state index in [1.165, 1.54) is 21.0 Å². The van der Waals surface area contributed by atoms with E-state index in [4.69, 9.17) is 4.74 Å². The molecule has 0 bridgehead atoms. The lowest BCUT2D eigenvalue weighted by atomic mass is 9.87. The van der Waals surface area contributed by atoms with Gasteiger partial charge in [0.25, 0.3) is 5.91 Å². The lowest BCUT2D eigenvalue weighted by Gasteiger charge is -2.19. The minimum absolute atomic E-state index is 0.0509. The molecule has 1 amide bonds. The van der Waals surface area contributed by atoms with Crippen LogP contribution in [0.2, 0.25) is 0 Å². The molecule has 0 aliphatic heterocycles. The van der Waals surface area contributed by atoms with Crippen molar-refractivity contribution in [1.82, 2.24) is 19.6 Å². The van der Waals surface area contributed by atoms with E-state index < -0.39 is 17.6 Å². The van der Waals surface area contributed by atoms with Gasteiger partial charge in [-0.1, -0.05) is 45.0 Å². The van der Waals surface area contributed by atoms with Crippen LogP contribution in [0.4, 0.5) is 19.0 Å². The summed E-state index contributed by atoms with van der Waals surface area (Å²) < 4.78 is 47.8. The zero-order chi connectivity index (χ0) is 26.8. The van der Waals surface area contributed by atoms with Crippen molar-refractivity contribution in [2.24, 2.45) is 0 Å². The van der Waals surface area contributed by atoms with E-state index in [9.17, 15) is 18.0 Å². The number of nitrogens with one attached hydrogen (secondary N) is 1. The van der Waals surface area contributed by atoms with Crippen LogP contribution in [0.25, 0.3) is 0 Å². The second-order valence-electron chi connectivity index (χ2n) is 9.77. The molecule has 4 aromatic rings. The minimum Gasteiger partial charge on any atom is -0.471 e. The second kappa shape index (κ2) is 10.1. The number of nitrogens with zero attached hydrogens (tertiary/aromatic N) is 4. The van der Waals surface area contributed by atoms with Crippen LogP contribution in [0.3, 0.4) is 0 Å². The van der Waals surface area contributed by atoms with Crippen LogP contribution in [0.5, 0.6) is 5.75 Å². The van der Waals surface area contributed by atoms with Gasteiger partial charge in [-0.2, -0.15) is 23.4 Å². The van der Waals surface area contributed by atoms with Gasteiger partial charge in [0.15, 0.2) is 18.2 Å². The van der Waals surface area contributed by atoms with E-state index >= 15 is 0 Å². The normalized spacial score (nSPS) is 12.0. The Morgan fingerprint density at radius 3 is 2.38 bits per heavy atom. The van der Waals surface area contributed by atoms with Gasteiger partial charge >= 0.3 is 6.18 Å². The Labute approximate surface area is 212 Å². The maximum Gasteiger partial charge on any atom is 0.416 e. The molecule has 2 heterocycles. The van der Waals surface area contributed by atoms with Gasteiger partial charge in [-0.25, -0.2) is 4.68 Å². The first kappa shape index (κ1) is 26.0. The van der Waals surface area contributed by atoms with E-state index in [1.807, 2.05) is 24.3 Å². The number of carbonyl (C=O) groups excluding carboxylic acids is 1. The first-order valence-electron chi connectivity index (χ1n) is 11.7. The molecule has 2 aromatic heterocycles. The number of aryl methyl sites for hydroxylation is 1. The molecular formula is C27H28F3N5O2. The molecule has 0 saturated heterocycles. The number of hydrogen-bond donors (Lipinski definition) is 1. The summed E-state index contributed by atoms with van der Waals surface area (Å²) in [6.07, 6.45) is -2.78. The maximum atomic E-state index is 13.0. The summed E-state index contributed by atoms with van der Waals surface area (Å²) >= 11 is 0. The molecule has 0 radical (unpaired) electrons. The Balaban J connectivity index is 1.35. The number of alkyl halides is 3. The van der Waals surface area contributed by atoms with Gasteiger partial charge in [-0.3, -0.25) is 9.48 Å². The Hall–Kier alpha value is -4.08. The fourth-order valence-corrected chi connectivity index (χ4v) is 3.68. The highest BCUT2D eigenvalue weighted by Crippen LogP contribution is 2.30. The highest BCUT2D eigenvalue weighted by atomic mass is 19.4. The predicted molar refractivity (Wildman–Crippen MR) is 133 cm³/mol. The van der Waals surface area contributed by atoms with Crippen molar-refractivity contribution in [3.05, 3.63) is 94.9 Å². The largest absolute Gasteiger partial charge is 0.471 e. The average molecular weight is 512 g/mol. The third kappa shape index (κ3) is 6.58. The summed E-state index contributed by atoms with van der Waals surface area (Å²) in [4.78, 5) is 12.7. The zero-order valence-electron chi connectivity index (χ0n) is 21.0. The topological polar surface area (TPSA) is 74.0 Å². The minimum atomic E-state index is -4.42. The second-order valence-corrected chi connectivity index (χ2v) is 9.77. The summed E-state index contributed by atoms with van der Waals surface area (Å²) in [5.74, 6) is 0.507. The van der Waals surface area contributed by atoms with Crippen LogP contribution in [-0.4, -0.2) is 25.5 Å². The van der Waals surface area contributed by atoms with Gasteiger partial charge in [0.2, 0.25) is 0 Å². The van der Waals surface area contributed by atoms with Crippen molar-refractivity contribution >= 4 is 11.7 Å². The molecule has 0 fully saturated rings. The van der Waals surface area contributed by atoms with E-state index in [1.54, 1.807) is 31.3 Å². The number of halogens is 3. The van der Waals surface area contributed by atoms with Crippen LogP contribution in [-0.2, 0) is 24.9 Å². The third-order valence-corrected chi connectivity index (χ3v) is 5.77. The summed E-state index contributed by atoms with van der Waals surface area (Å²) in [6.45, 7) is 8.45. The summed E-state index contributed by atoms with van der Waals surface area (Å²) in [5, 5.41) is 11.2. The van der Waals surface area contributed by atoms with Crippen LogP contribution in [0, 0.1) is 6.92 Å². The molecule has 37 heavy (non-hydrogen) atoms. The molecule has 0 atom stereocenters. The Morgan fingerprint density at radius 1 is 0.973 bits per heavy atom. The molecular weight excluding hydrogens is 483 g/mol. The molecule has 4 rings (SSSR count). The van der Waals surface area contributed by atoms with E-state index in [0.29, 0.717) is 17.0 Å². The number of rotatable bonds is 7. The van der Waals surface area contributed by atoms with Gasteiger partial charge in [0, 0.05) is 18.0 Å². The molecule has 0 spiro atoms. The lowest BCUT2D eigenvalue weighted by Crippen LogP contribution is -2.15. The maximum absolute atomic E-state index is 13.0. The van der Waals surface area contributed by atoms with E-state index in [0.717, 1.165) is 12.1 Å². The van der Waals surface area contributed by atoms with Crippen LogP contribution < -0.4 is 10.1 Å². The average Bonchev–Trinajstić information content (AvgIpc) is 3.44. The number of carbonyl (C=O) groups is 1. The zero-order valence-corrected chi connectivity index (χ0v) is 21.0. The van der Waals surface area contributed by atoms with Crippen molar-refractivity contribution in [3.63, 3.8) is 0 Å². The number of amides is 1.